The molecule has 0 aromatic carbocycles. The molecule has 0 bridgehead atoms. The summed E-state index contributed by atoms with van der Waals surface area (Å²) in [5, 5.41) is 16.3. The summed E-state index contributed by atoms with van der Waals surface area (Å²) >= 11 is 0. The largest absolute Gasteiger partial charge is 0.481 e. The van der Waals surface area contributed by atoms with Gasteiger partial charge in [-0.1, -0.05) is 13.8 Å². The first-order valence-corrected chi connectivity index (χ1v) is 8.13. The lowest BCUT2D eigenvalue weighted by atomic mass is 9.86. The fourth-order valence-corrected chi connectivity index (χ4v) is 3.07. The molecular weight excluding hydrogens is 282 g/mol. The van der Waals surface area contributed by atoms with Gasteiger partial charge in [-0.3, -0.25) is 14.3 Å². The van der Waals surface area contributed by atoms with Crippen LogP contribution in [0.2, 0.25) is 0 Å². The molecule has 1 amide bonds. The van der Waals surface area contributed by atoms with Gasteiger partial charge < -0.3 is 10.4 Å². The molecule has 1 aromatic heterocycles. The number of carboxylic acid groups (broad SMARTS) is 1. The van der Waals surface area contributed by atoms with Crippen LogP contribution in [0.25, 0.3) is 0 Å². The first-order valence-electron chi connectivity index (χ1n) is 8.13. The molecule has 122 valence electrons. The zero-order chi connectivity index (χ0) is 16.1. The second kappa shape index (κ2) is 7.42. The Balaban J connectivity index is 1.89. The van der Waals surface area contributed by atoms with E-state index in [1.54, 1.807) is 6.07 Å². The zero-order valence-electron chi connectivity index (χ0n) is 13.3. The van der Waals surface area contributed by atoms with Crippen LogP contribution in [0.1, 0.15) is 68.9 Å². The Labute approximate surface area is 130 Å². The van der Waals surface area contributed by atoms with Crippen molar-refractivity contribution < 1.29 is 14.7 Å². The average Bonchev–Trinajstić information content (AvgIpc) is 2.99. The highest BCUT2D eigenvalue weighted by molar-refractivity contribution is 5.92. The van der Waals surface area contributed by atoms with Gasteiger partial charge in [-0.25, -0.2) is 0 Å². The number of aliphatic carboxylic acids is 1. The Morgan fingerprint density at radius 1 is 1.32 bits per heavy atom. The van der Waals surface area contributed by atoms with Crippen LogP contribution < -0.4 is 5.32 Å². The molecule has 0 unspecified atom stereocenters. The third-order valence-corrected chi connectivity index (χ3v) is 4.57. The number of nitrogens with one attached hydrogen (secondary N) is 1. The summed E-state index contributed by atoms with van der Waals surface area (Å²) in [6.07, 6.45) is 6.52. The van der Waals surface area contributed by atoms with Crippen molar-refractivity contribution in [3.05, 3.63) is 18.0 Å². The smallest absolute Gasteiger partial charge is 0.306 e. The minimum atomic E-state index is -0.728. The van der Waals surface area contributed by atoms with Gasteiger partial charge in [-0.2, -0.15) is 5.10 Å². The summed E-state index contributed by atoms with van der Waals surface area (Å²) in [6.45, 7) is 4.22. The molecule has 2 N–H and O–H groups in total. The van der Waals surface area contributed by atoms with E-state index < -0.39 is 5.97 Å². The number of aromatic nitrogens is 2. The normalized spacial score (nSPS) is 21.8. The summed E-state index contributed by atoms with van der Waals surface area (Å²) < 4.78 is 1.86. The van der Waals surface area contributed by atoms with E-state index in [2.05, 4.69) is 24.3 Å². The second-order valence-electron chi connectivity index (χ2n) is 6.01. The van der Waals surface area contributed by atoms with Gasteiger partial charge >= 0.3 is 5.97 Å². The van der Waals surface area contributed by atoms with Gasteiger partial charge in [0.05, 0.1) is 12.0 Å². The lowest BCUT2D eigenvalue weighted by molar-refractivity contribution is -0.142. The maximum absolute atomic E-state index is 12.2. The zero-order valence-corrected chi connectivity index (χ0v) is 13.3. The molecule has 1 aliphatic carbocycles. The van der Waals surface area contributed by atoms with Crippen LogP contribution >= 0.6 is 0 Å². The molecule has 1 heterocycles. The van der Waals surface area contributed by atoms with Crippen LogP contribution in [-0.2, 0) is 4.79 Å². The Morgan fingerprint density at radius 3 is 2.50 bits per heavy atom. The van der Waals surface area contributed by atoms with Gasteiger partial charge in [0.2, 0.25) is 0 Å². The molecule has 0 atom stereocenters. The van der Waals surface area contributed by atoms with Crippen molar-refractivity contribution in [1.29, 1.82) is 0 Å². The van der Waals surface area contributed by atoms with Gasteiger partial charge in [0, 0.05) is 12.2 Å². The van der Waals surface area contributed by atoms with Crippen LogP contribution in [0, 0.1) is 5.92 Å². The van der Waals surface area contributed by atoms with Gasteiger partial charge in [-0.15, -0.1) is 0 Å². The Bertz CT molecular complexity index is 514. The fourth-order valence-electron chi connectivity index (χ4n) is 3.07. The summed E-state index contributed by atoms with van der Waals surface area (Å²) in [4.78, 5) is 23.2. The molecule has 0 aliphatic heterocycles. The first-order chi connectivity index (χ1) is 10.5. The topological polar surface area (TPSA) is 84.2 Å². The number of carbonyl (C=O) groups excluding carboxylic acids is 1. The molecule has 1 saturated carbocycles. The molecule has 6 nitrogen and oxygen atoms in total. The maximum atomic E-state index is 12.2. The van der Waals surface area contributed by atoms with E-state index in [1.165, 1.54) is 0 Å². The van der Waals surface area contributed by atoms with Crippen LogP contribution in [0.5, 0.6) is 0 Å². The first kappa shape index (κ1) is 16.5. The van der Waals surface area contributed by atoms with Crippen LogP contribution in [0.15, 0.2) is 12.3 Å². The highest BCUT2D eigenvalue weighted by Crippen LogP contribution is 2.24. The van der Waals surface area contributed by atoms with E-state index in [4.69, 9.17) is 5.11 Å². The summed E-state index contributed by atoms with van der Waals surface area (Å²) in [7, 11) is 0. The Morgan fingerprint density at radius 2 is 1.95 bits per heavy atom. The average molecular weight is 307 g/mol. The van der Waals surface area contributed by atoms with E-state index in [0.29, 0.717) is 24.6 Å². The number of carbonyl (C=O) groups is 2. The molecular formula is C16H25N3O3. The second-order valence-corrected chi connectivity index (χ2v) is 6.01. The number of nitrogens with zero attached hydrogens (tertiary/aromatic N) is 2. The van der Waals surface area contributed by atoms with Crippen molar-refractivity contribution in [2.24, 2.45) is 5.92 Å². The van der Waals surface area contributed by atoms with Crippen molar-refractivity contribution in [2.45, 2.75) is 64.5 Å². The molecule has 1 aliphatic rings. The quantitative estimate of drug-likeness (QED) is 0.846. The van der Waals surface area contributed by atoms with Crippen molar-refractivity contribution in [2.75, 3.05) is 0 Å². The van der Waals surface area contributed by atoms with E-state index in [-0.39, 0.29) is 17.9 Å². The molecule has 1 aromatic rings. The van der Waals surface area contributed by atoms with E-state index >= 15 is 0 Å². The Hall–Kier alpha value is -1.85. The predicted octanol–water partition coefficient (Wildman–Crippen LogP) is 2.62. The molecule has 1 fully saturated rings. The van der Waals surface area contributed by atoms with Crippen molar-refractivity contribution >= 4 is 11.9 Å². The standard InChI is InChI=1S/C16H25N3O3/c1-3-13(4-2)19-10-9-14(18-19)15(20)17-12-7-5-11(6-8-12)16(21)22/h9-13H,3-8H2,1-2H3,(H,17,20)(H,21,22). The molecule has 2 rings (SSSR count). The molecule has 0 spiro atoms. The van der Waals surface area contributed by atoms with Gasteiger partial charge in [0.25, 0.3) is 5.91 Å². The molecule has 6 heteroatoms. The lowest BCUT2D eigenvalue weighted by Gasteiger charge is -2.26. The minimum absolute atomic E-state index is 0.0568. The monoisotopic (exact) mass is 307 g/mol. The van der Waals surface area contributed by atoms with E-state index in [9.17, 15) is 9.59 Å². The third kappa shape index (κ3) is 3.87. The summed E-state index contributed by atoms with van der Waals surface area (Å²) in [5.41, 5.74) is 0.437. The van der Waals surface area contributed by atoms with E-state index in [0.717, 1.165) is 25.7 Å². The van der Waals surface area contributed by atoms with Gasteiger partial charge in [0.1, 0.15) is 5.69 Å². The summed E-state index contributed by atoms with van der Waals surface area (Å²) in [5.74, 6) is -1.15. The molecule has 0 saturated heterocycles. The van der Waals surface area contributed by atoms with Crippen LogP contribution in [-0.4, -0.2) is 32.8 Å². The highest BCUT2D eigenvalue weighted by Gasteiger charge is 2.27. The SMILES string of the molecule is CCC(CC)n1ccc(C(=O)NC2CCC(C(=O)O)CC2)n1. The van der Waals surface area contributed by atoms with Crippen molar-refractivity contribution in [1.82, 2.24) is 15.1 Å². The van der Waals surface area contributed by atoms with Gasteiger partial charge in [-0.05, 0) is 44.6 Å². The third-order valence-electron chi connectivity index (χ3n) is 4.57. The molecule has 0 radical (unpaired) electrons. The van der Waals surface area contributed by atoms with Crippen LogP contribution in [0.4, 0.5) is 0 Å². The number of hydrogen-bond donors (Lipinski definition) is 2. The predicted molar refractivity (Wildman–Crippen MR) is 82.7 cm³/mol. The Kier molecular flexibility index (Phi) is 5.57. The molecule has 22 heavy (non-hydrogen) atoms. The highest BCUT2D eigenvalue weighted by atomic mass is 16.4. The number of carboxylic acids is 1. The number of amides is 1. The summed E-state index contributed by atoms with van der Waals surface area (Å²) in [6, 6.07) is 2.13. The lowest BCUT2D eigenvalue weighted by Crippen LogP contribution is -2.39. The van der Waals surface area contributed by atoms with E-state index in [1.807, 2.05) is 10.9 Å². The number of hydrogen-bond acceptors (Lipinski definition) is 3. The fraction of sp³-hybridized carbons (Fsp3) is 0.688. The van der Waals surface area contributed by atoms with Crippen molar-refractivity contribution in [3.63, 3.8) is 0 Å². The minimum Gasteiger partial charge on any atom is -0.481 e. The van der Waals surface area contributed by atoms with Gasteiger partial charge in [0.15, 0.2) is 0 Å². The van der Waals surface area contributed by atoms with Crippen molar-refractivity contribution in [3.8, 4) is 0 Å². The maximum Gasteiger partial charge on any atom is 0.306 e. The number of rotatable bonds is 6. The van der Waals surface area contributed by atoms with Crippen LogP contribution in [0.3, 0.4) is 0 Å².